The molecule has 0 rings (SSSR count). The van der Waals surface area contributed by atoms with E-state index in [-0.39, 0.29) is 6.61 Å². The minimum atomic E-state index is -1.25. The van der Waals surface area contributed by atoms with Gasteiger partial charge in [0.2, 0.25) is 5.91 Å². The third-order valence-corrected chi connectivity index (χ3v) is 1.55. The average molecular weight is 212 g/mol. The van der Waals surface area contributed by atoms with E-state index in [1.165, 1.54) is 0 Å². The van der Waals surface area contributed by atoms with Crippen molar-refractivity contribution in [3.63, 3.8) is 0 Å². The molecule has 0 aromatic heterocycles. The number of ether oxygens (including phenoxy) is 1. The Morgan fingerprint density at radius 1 is 1.53 bits per heavy atom. The molecule has 0 heterocycles. The van der Waals surface area contributed by atoms with Crippen molar-refractivity contribution in [1.82, 2.24) is 5.32 Å². The van der Waals surface area contributed by atoms with Gasteiger partial charge in [-0.05, 0) is 13.8 Å². The first kappa shape index (κ1) is 13.5. The predicted octanol–water partition coefficient (Wildman–Crippen LogP) is -0.594. The molecule has 0 saturated carbocycles. The van der Waals surface area contributed by atoms with E-state index >= 15 is 0 Å². The molecule has 0 radical (unpaired) electrons. The van der Waals surface area contributed by atoms with Crippen LogP contribution in [0.25, 0.3) is 0 Å². The highest BCUT2D eigenvalue weighted by atomic mass is 16.5. The summed E-state index contributed by atoms with van der Waals surface area (Å²) in [5.41, 5.74) is 5.34. The summed E-state index contributed by atoms with van der Waals surface area (Å²) in [5.74, 6) is 4.22. The van der Waals surface area contributed by atoms with Crippen molar-refractivity contribution in [3.05, 3.63) is 0 Å². The summed E-state index contributed by atoms with van der Waals surface area (Å²) in [6.07, 6.45) is 0.539. The van der Waals surface area contributed by atoms with E-state index in [9.17, 15) is 9.59 Å². The number of rotatable bonds is 5. The minimum Gasteiger partial charge on any atom is -0.464 e. The summed E-state index contributed by atoms with van der Waals surface area (Å²) in [6, 6.07) is -1.25. The zero-order chi connectivity index (χ0) is 11.7. The fraction of sp³-hybridized carbons (Fsp3) is 0.600. The van der Waals surface area contributed by atoms with Gasteiger partial charge in [0.15, 0.2) is 6.04 Å². The quantitative estimate of drug-likeness (QED) is 0.276. The lowest BCUT2D eigenvalue weighted by atomic mass is 10.3. The number of carbonyl (C=O) groups is 2. The van der Waals surface area contributed by atoms with E-state index < -0.39 is 17.9 Å². The third kappa shape index (κ3) is 5.70. The van der Waals surface area contributed by atoms with Crippen LogP contribution in [0, 0.1) is 11.8 Å². The van der Waals surface area contributed by atoms with Gasteiger partial charge in [0.25, 0.3) is 0 Å². The number of hydrogen-bond acceptors (Lipinski definition) is 4. The summed E-state index contributed by atoms with van der Waals surface area (Å²) in [5, 5.41) is 2.49. The largest absolute Gasteiger partial charge is 0.464 e. The van der Waals surface area contributed by atoms with Crippen LogP contribution in [-0.2, 0) is 14.3 Å². The van der Waals surface area contributed by atoms with Crippen LogP contribution in [0.15, 0.2) is 0 Å². The third-order valence-electron chi connectivity index (χ3n) is 1.55. The van der Waals surface area contributed by atoms with Crippen molar-refractivity contribution in [2.75, 3.05) is 13.2 Å². The lowest BCUT2D eigenvalue weighted by Gasteiger charge is -2.09. The minimum absolute atomic E-state index is 0.209. The number of esters is 1. The SMILES string of the molecule is CC#CCCNC(=O)C(N)C(=O)OCC. The van der Waals surface area contributed by atoms with Crippen LogP contribution in [0.4, 0.5) is 0 Å². The standard InChI is InChI=1S/C10H16N2O3/c1-3-5-6-7-12-9(13)8(11)10(14)15-4-2/h8H,4,6-7,11H2,1-2H3,(H,12,13). The maximum Gasteiger partial charge on any atom is 0.332 e. The Balaban J connectivity index is 3.86. The van der Waals surface area contributed by atoms with E-state index in [4.69, 9.17) is 5.73 Å². The van der Waals surface area contributed by atoms with E-state index in [1.54, 1.807) is 13.8 Å². The molecule has 0 bridgehead atoms. The lowest BCUT2D eigenvalue weighted by Crippen LogP contribution is -2.47. The van der Waals surface area contributed by atoms with Gasteiger partial charge in [0.1, 0.15) is 0 Å². The zero-order valence-corrected chi connectivity index (χ0v) is 9.00. The summed E-state index contributed by atoms with van der Waals surface area (Å²) in [4.78, 5) is 22.3. The average Bonchev–Trinajstić information content (AvgIpc) is 2.23. The molecule has 0 spiro atoms. The van der Waals surface area contributed by atoms with Gasteiger partial charge in [0.05, 0.1) is 6.61 Å². The van der Waals surface area contributed by atoms with Crippen molar-refractivity contribution in [2.45, 2.75) is 26.3 Å². The Labute approximate surface area is 89.3 Å². The van der Waals surface area contributed by atoms with Gasteiger partial charge in [0, 0.05) is 13.0 Å². The van der Waals surface area contributed by atoms with Gasteiger partial charge in [-0.3, -0.25) is 4.79 Å². The normalized spacial score (nSPS) is 10.9. The van der Waals surface area contributed by atoms with Gasteiger partial charge < -0.3 is 15.8 Å². The summed E-state index contributed by atoms with van der Waals surface area (Å²) in [7, 11) is 0. The van der Waals surface area contributed by atoms with E-state index in [0.717, 1.165) is 0 Å². The fourth-order valence-corrected chi connectivity index (χ4v) is 0.822. The number of hydrogen-bond donors (Lipinski definition) is 2. The first-order valence-corrected chi connectivity index (χ1v) is 4.73. The highest BCUT2D eigenvalue weighted by Crippen LogP contribution is 1.86. The molecule has 0 aromatic rings. The van der Waals surface area contributed by atoms with Crippen LogP contribution in [0.1, 0.15) is 20.3 Å². The van der Waals surface area contributed by atoms with Crippen molar-refractivity contribution in [2.24, 2.45) is 5.73 Å². The molecule has 15 heavy (non-hydrogen) atoms. The molecule has 84 valence electrons. The van der Waals surface area contributed by atoms with Gasteiger partial charge in [-0.25, -0.2) is 4.79 Å². The zero-order valence-electron chi connectivity index (χ0n) is 9.00. The van der Waals surface area contributed by atoms with Crippen LogP contribution in [-0.4, -0.2) is 31.1 Å². The summed E-state index contributed by atoms with van der Waals surface area (Å²) >= 11 is 0. The fourth-order valence-electron chi connectivity index (χ4n) is 0.822. The molecule has 5 nitrogen and oxygen atoms in total. The molecule has 3 N–H and O–H groups in total. The highest BCUT2D eigenvalue weighted by molar-refractivity contribution is 6.01. The molecule has 1 atom stereocenters. The maximum absolute atomic E-state index is 11.2. The molecule has 0 fully saturated rings. The topological polar surface area (TPSA) is 81.4 Å². The monoisotopic (exact) mass is 212 g/mol. The lowest BCUT2D eigenvalue weighted by molar-refractivity contribution is -0.147. The summed E-state index contributed by atoms with van der Waals surface area (Å²) in [6.45, 7) is 3.96. The molecule has 0 aliphatic carbocycles. The first-order valence-electron chi connectivity index (χ1n) is 4.73. The summed E-state index contributed by atoms with van der Waals surface area (Å²) < 4.78 is 4.60. The molecule has 1 unspecified atom stereocenters. The van der Waals surface area contributed by atoms with Crippen LogP contribution >= 0.6 is 0 Å². The van der Waals surface area contributed by atoms with E-state index in [2.05, 4.69) is 21.9 Å². The van der Waals surface area contributed by atoms with Crippen molar-refractivity contribution in [1.29, 1.82) is 0 Å². The van der Waals surface area contributed by atoms with Crippen LogP contribution in [0.5, 0.6) is 0 Å². The molecule has 0 aliphatic heterocycles. The highest BCUT2D eigenvalue weighted by Gasteiger charge is 2.22. The maximum atomic E-state index is 11.2. The molecule has 1 amide bonds. The van der Waals surface area contributed by atoms with Gasteiger partial charge in [-0.2, -0.15) is 0 Å². The van der Waals surface area contributed by atoms with Crippen molar-refractivity contribution in [3.8, 4) is 11.8 Å². The van der Waals surface area contributed by atoms with Gasteiger partial charge >= 0.3 is 5.97 Å². The molecule has 5 heteroatoms. The van der Waals surface area contributed by atoms with Gasteiger partial charge in [-0.15, -0.1) is 11.8 Å². The molecule has 0 aliphatic rings. The van der Waals surface area contributed by atoms with Crippen molar-refractivity contribution >= 4 is 11.9 Å². The smallest absolute Gasteiger partial charge is 0.332 e. The van der Waals surface area contributed by atoms with Crippen LogP contribution < -0.4 is 11.1 Å². The molecule has 0 saturated heterocycles. The Morgan fingerprint density at radius 3 is 2.73 bits per heavy atom. The number of carbonyl (C=O) groups excluding carboxylic acids is 2. The Hall–Kier alpha value is -1.54. The van der Waals surface area contributed by atoms with Crippen molar-refractivity contribution < 1.29 is 14.3 Å². The first-order chi connectivity index (χ1) is 7.13. The Bertz CT molecular complexity index is 278. The Morgan fingerprint density at radius 2 is 2.20 bits per heavy atom. The van der Waals surface area contributed by atoms with E-state index in [1.807, 2.05) is 0 Å². The number of nitrogens with two attached hydrogens (primary N) is 1. The number of amides is 1. The van der Waals surface area contributed by atoms with Crippen LogP contribution in [0.3, 0.4) is 0 Å². The second-order valence-electron chi connectivity index (χ2n) is 2.70. The molecule has 0 aromatic carbocycles. The molecular weight excluding hydrogens is 196 g/mol. The second kappa shape index (κ2) is 7.83. The van der Waals surface area contributed by atoms with Gasteiger partial charge in [-0.1, -0.05) is 0 Å². The van der Waals surface area contributed by atoms with E-state index in [0.29, 0.717) is 13.0 Å². The number of nitrogens with one attached hydrogen (secondary N) is 1. The Kier molecular flexibility index (Phi) is 7.02. The van der Waals surface area contributed by atoms with Crippen LogP contribution in [0.2, 0.25) is 0 Å². The second-order valence-corrected chi connectivity index (χ2v) is 2.70. The predicted molar refractivity (Wildman–Crippen MR) is 55.7 cm³/mol. The molecular formula is C10H16N2O3.